The topological polar surface area (TPSA) is 66.8 Å². The summed E-state index contributed by atoms with van der Waals surface area (Å²) in [6.45, 7) is 1.32. The van der Waals surface area contributed by atoms with E-state index in [1.807, 2.05) is 0 Å². The average molecular weight is 276 g/mol. The molecule has 4 nitrogen and oxygen atoms in total. The number of hydrogen-bond donors (Lipinski definition) is 2. The van der Waals surface area contributed by atoms with Crippen LogP contribution in [0.15, 0.2) is 24.0 Å². The van der Waals surface area contributed by atoms with Crippen LogP contribution in [0.1, 0.15) is 18.1 Å². The van der Waals surface area contributed by atoms with Crippen molar-refractivity contribution in [2.45, 2.75) is 13.1 Å². The molecule has 0 fully saturated rings. The van der Waals surface area contributed by atoms with Gasteiger partial charge in [-0.3, -0.25) is 0 Å². The number of allylic oxidation sites excluding steroid dienone is 1. The summed E-state index contributed by atoms with van der Waals surface area (Å²) in [6, 6.07) is 2.71. The highest BCUT2D eigenvalue weighted by Gasteiger charge is 2.34. The summed E-state index contributed by atoms with van der Waals surface area (Å²) in [7, 11) is 1.11. The van der Waals surface area contributed by atoms with E-state index in [9.17, 15) is 23.1 Å². The maximum Gasteiger partial charge on any atom is 0.419 e. The van der Waals surface area contributed by atoms with Crippen LogP contribution in [0.2, 0.25) is 0 Å². The molecule has 0 atom stereocenters. The maximum absolute atomic E-state index is 12.6. The molecular formula is C12H11F3O4. The number of carboxylic acids is 1. The van der Waals surface area contributed by atoms with Crippen molar-refractivity contribution < 1.29 is 32.9 Å². The number of aliphatic carboxylic acids is 1. The lowest BCUT2D eigenvalue weighted by Crippen LogP contribution is -2.08. The number of hydrogen-bond acceptors (Lipinski definition) is 3. The van der Waals surface area contributed by atoms with Gasteiger partial charge in [-0.25, -0.2) is 4.79 Å². The van der Waals surface area contributed by atoms with Crippen LogP contribution in [0.5, 0.6) is 5.75 Å². The first-order chi connectivity index (χ1) is 8.68. The lowest BCUT2D eigenvalue weighted by atomic mass is 10.0. The van der Waals surface area contributed by atoms with Crippen LogP contribution in [-0.4, -0.2) is 23.3 Å². The van der Waals surface area contributed by atoms with E-state index in [-0.39, 0.29) is 11.1 Å². The quantitative estimate of drug-likeness (QED) is 0.658. The molecule has 1 rings (SSSR count). The van der Waals surface area contributed by atoms with Gasteiger partial charge >= 0.3 is 12.1 Å². The molecule has 0 amide bonds. The Kier molecular flexibility index (Phi) is 4.08. The second kappa shape index (κ2) is 5.21. The summed E-state index contributed by atoms with van der Waals surface area (Å²) in [4.78, 5) is 10.8. The zero-order chi connectivity index (χ0) is 14.8. The lowest BCUT2D eigenvalue weighted by molar-refractivity contribution is -0.139. The highest BCUT2D eigenvalue weighted by atomic mass is 19.4. The number of halogens is 3. The summed E-state index contributed by atoms with van der Waals surface area (Å²) in [6.07, 6.45) is -4.73. The first-order valence-corrected chi connectivity index (χ1v) is 5.07. The number of phenols is 1. The lowest BCUT2D eigenvalue weighted by Gasteiger charge is -2.12. The molecule has 0 spiro atoms. The first-order valence-electron chi connectivity index (χ1n) is 5.07. The largest absolute Gasteiger partial charge is 0.507 e. The Morgan fingerprint density at radius 2 is 1.89 bits per heavy atom. The fourth-order valence-corrected chi connectivity index (χ4v) is 1.53. The average Bonchev–Trinajstić information content (AvgIpc) is 2.28. The number of carboxylic acid groups (broad SMARTS) is 1. The van der Waals surface area contributed by atoms with Gasteiger partial charge in [-0.05, 0) is 24.6 Å². The third-order valence-electron chi connectivity index (χ3n) is 2.47. The Morgan fingerprint density at radius 1 is 1.32 bits per heavy atom. The molecule has 0 aliphatic carbocycles. The molecule has 104 valence electrons. The molecule has 0 radical (unpaired) electrons. The maximum atomic E-state index is 12.6. The minimum Gasteiger partial charge on any atom is -0.507 e. The normalized spacial score (nSPS) is 12.9. The number of carbonyl (C=O) groups is 1. The van der Waals surface area contributed by atoms with Crippen molar-refractivity contribution in [1.29, 1.82) is 0 Å². The van der Waals surface area contributed by atoms with Gasteiger partial charge in [-0.1, -0.05) is 6.07 Å². The Hall–Kier alpha value is -2.18. The Balaban J connectivity index is 3.42. The molecule has 0 aliphatic rings. The molecule has 1 aromatic rings. The third-order valence-corrected chi connectivity index (χ3v) is 2.47. The van der Waals surface area contributed by atoms with E-state index >= 15 is 0 Å². The van der Waals surface area contributed by atoms with Gasteiger partial charge in [0.15, 0.2) is 0 Å². The van der Waals surface area contributed by atoms with Crippen LogP contribution >= 0.6 is 0 Å². The molecule has 0 saturated heterocycles. The predicted octanol–water partition coefficient (Wildman–Crippen LogP) is 2.87. The van der Waals surface area contributed by atoms with Gasteiger partial charge < -0.3 is 14.9 Å². The monoisotopic (exact) mass is 276 g/mol. The molecule has 7 heteroatoms. The Morgan fingerprint density at radius 3 is 2.32 bits per heavy atom. The summed E-state index contributed by atoms with van der Waals surface area (Å²) >= 11 is 0. The molecule has 0 bridgehead atoms. The highest BCUT2D eigenvalue weighted by Crippen LogP contribution is 2.37. The van der Waals surface area contributed by atoms with E-state index in [1.54, 1.807) is 0 Å². The van der Waals surface area contributed by atoms with E-state index < -0.39 is 29.2 Å². The number of alkyl halides is 3. The molecular weight excluding hydrogens is 265 g/mol. The molecule has 0 heterocycles. The highest BCUT2D eigenvalue weighted by molar-refractivity contribution is 5.93. The SMILES string of the molecule is COC(C(=O)O)=C(C)c1ccc(O)c(C(F)(F)F)c1. The van der Waals surface area contributed by atoms with Crippen LogP contribution in [0, 0.1) is 0 Å². The minimum atomic E-state index is -4.73. The third kappa shape index (κ3) is 3.18. The van der Waals surface area contributed by atoms with Gasteiger partial charge in [-0.15, -0.1) is 0 Å². The molecule has 0 saturated carbocycles. The first kappa shape index (κ1) is 14.9. The number of ether oxygens (including phenoxy) is 1. The van der Waals surface area contributed by atoms with Crippen molar-refractivity contribution in [2.24, 2.45) is 0 Å². The number of phenolic OH excluding ortho intramolecular Hbond substituents is 1. The number of benzene rings is 1. The smallest absolute Gasteiger partial charge is 0.419 e. The van der Waals surface area contributed by atoms with Gasteiger partial charge in [0.05, 0.1) is 12.7 Å². The fourth-order valence-electron chi connectivity index (χ4n) is 1.53. The van der Waals surface area contributed by atoms with Crippen LogP contribution < -0.4 is 0 Å². The van der Waals surface area contributed by atoms with Crippen LogP contribution in [0.3, 0.4) is 0 Å². The van der Waals surface area contributed by atoms with E-state index in [0.29, 0.717) is 6.07 Å². The van der Waals surface area contributed by atoms with Crippen molar-refractivity contribution in [3.63, 3.8) is 0 Å². The molecule has 0 unspecified atom stereocenters. The molecule has 1 aromatic carbocycles. The van der Waals surface area contributed by atoms with Crippen LogP contribution in [-0.2, 0) is 15.7 Å². The summed E-state index contributed by atoms with van der Waals surface area (Å²) in [5, 5.41) is 18.0. The van der Waals surface area contributed by atoms with Gasteiger partial charge in [0, 0.05) is 5.57 Å². The van der Waals surface area contributed by atoms with Gasteiger partial charge in [0.25, 0.3) is 0 Å². The number of rotatable bonds is 3. The fraction of sp³-hybridized carbons (Fsp3) is 0.250. The zero-order valence-corrected chi connectivity index (χ0v) is 10.1. The summed E-state index contributed by atoms with van der Waals surface area (Å²) in [5.41, 5.74) is -1.20. The molecule has 0 aliphatic heterocycles. The number of aromatic hydroxyl groups is 1. The van der Waals surface area contributed by atoms with Gasteiger partial charge in [0.2, 0.25) is 5.76 Å². The Labute approximate surface area is 106 Å². The standard InChI is InChI=1S/C12H11F3O4/c1-6(10(19-2)11(17)18)7-3-4-9(16)8(5-7)12(13,14)15/h3-5,16H,1-2H3,(H,17,18). The van der Waals surface area contributed by atoms with Crippen molar-refractivity contribution >= 4 is 11.5 Å². The van der Waals surface area contributed by atoms with Crippen molar-refractivity contribution in [3.05, 3.63) is 35.1 Å². The molecule has 19 heavy (non-hydrogen) atoms. The van der Waals surface area contributed by atoms with E-state index in [1.165, 1.54) is 13.0 Å². The molecule has 2 N–H and O–H groups in total. The van der Waals surface area contributed by atoms with E-state index in [0.717, 1.165) is 13.2 Å². The second-order valence-corrected chi connectivity index (χ2v) is 3.69. The Bertz CT molecular complexity index is 532. The van der Waals surface area contributed by atoms with Crippen molar-refractivity contribution in [3.8, 4) is 5.75 Å². The minimum absolute atomic E-state index is 0.00405. The van der Waals surface area contributed by atoms with Crippen LogP contribution in [0.25, 0.3) is 5.57 Å². The molecule has 0 aromatic heterocycles. The van der Waals surface area contributed by atoms with Gasteiger partial charge in [0.1, 0.15) is 5.75 Å². The predicted molar refractivity (Wildman–Crippen MR) is 60.3 cm³/mol. The second-order valence-electron chi connectivity index (χ2n) is 3.69. The zero-order valence-electron chi connectivity index (χ0n) is 10.1. The summed E-state index contributed by atoms with van der Waals surface area (Å²) < 4.78 is 42.5. The van der Waals surface area contributed by atoms with E-state index in [2.05, 4.69) is 4.74 Å². The summed E-state index contributed by atoms with van der Waals surface area (Å²) in [5.74, 6) is -2.77. The van der Waals surface area contributed by atoms with Crippen LogP contribution in [0.4, 0.5) is 13.2 Å². The number of methoxy groups -OCH3 is 1. The van der Waals surface area contributed by atoms with Crippen molar-refractivity contribution in [1.82, 2.24) is 0 Å². The van der Waals surface area contributed by atoms with E-state index in [4.69, 9.17) is 5.11 Å². The van der Waals surface area contributed by atoms with Crippen molar-refractivity contribution in [2.75, 3.05) is 7.11 Å². The van der Waals surface area contributed by atoms with Gasteiger partial charge in [-0.2, -0.15) is 13.2 Å².